The van der Waals surface area contributed by atoms with E-state index in [4.69, 9.17) is 11.5 Å². The number of aliphatic hydroxyl groups excluding tert-OH is 2. The normalized spacial score (nSPS) is 15.1. The maximum absolute atomic E-state index is 13.5. The molecule has 0 saturated carbocycles. The largest absolute Gasteiger partial charge is 0.508 e. The summed E-state index contributed by atoms with van der Waals surface area (Å²) in [7, 11) is 0. The van der Waals surface area contributed by atoms with Crippen LogP contribution in [-0.2, 0) is 60.8 Å². The molecular weight excluding hydrogens is 867 g/mol. The smallest absolute Gasteiger partial charge is 0.326 e. The summed E-state index contributed by atoms with van der Waals surface area (Å²) in [4.78, 5) is 127. The molecule has 0 aliphatic heterocycles. The Bertz CT molecular complexity index is 1990. The summed E-state index contributed by atoms with van der Waals surface area (Å²) in [5.74, 6) is -12.4. The fraction of sp³-hybridized carbons (Fsp3) is 0.436. The number of nitrogens with two attached hydrogens (primary N) is 2. The Labute approximate surface area is 371 Å². The van der Waals surface area contributed by atoms with Crippen LogP contribution in [0.2, 0.25) is 0 Å². The van der Waals surface area contributed by atoms with E-state index in [0.717, 1.165) is 13.8 Å². The highest BCUT2D eigenvalue weighted by Crippen LogP contribution is 2.12. The van der Waals surface area contributed by atoms with Crippen molar-refractivity contribution in [1.82, 2.24) is 37.2 Å². The van der Waals surface area contributed by atoms with Crippen molar-refractivity contribution >= 4 is 71.8 Å². The summed E-state index contributed by atoms with van der Waals surface area (Å²) in [5, 5.41) is 64.8. The molecule has 9 atom stereocenters. The molecule has 2 rings (SSSR count). The minimum atomic E-state index is -2.04. The van der Waals surface area contributed by atoms with E-state index in [-0.39, 0.29) is 24.3 Å². The van der Waals surface area contributed by atoms with Gasteiger partial charge in [0.05, 0.1) is 37.6 Å². The number of carboxylic acid groups (broad SMARTS) is 2. The fourth-order valence-electron chi connectivity index (χ4n) is 5.66. The molecule has 2 aromatic rings. The number of rotatable bonds is 26. The van der Waals surface area contributed by atoms with Gasteiger partial charge in [-0.15, -0.1) is 0 Å². The summed E-state index contributed by atoms with van der Waals surface area (Å²) in [5.41, 5.74) is 12.0. The van der Waals surface area contributed by atoms with Crippen LogP contribution < -0.4 is 48.7 Å². The molecule has 8 amide bonds. The first-order valence-electron chi connectivity index (χ1n) is 19.4. The number of hydrogen-bond donors (Lipinski definition) is 15. The van der Waals surface area contributed by atoms with Gasteiger partial charge < -0.3 is 74.2 Å². The van der Waals surface area contributed by atoms with E-state index in [1.54, 1.807) is 30.3 Å². The Morgan fingerprint density at radius 3 is 1.58 bits per heavy atom. The van der Waals surface area contributed by atoms with Crippen LogP contribution in [0.5, 0.6) is 5.75 Å². The third-order valence-electron chi connectivity index (χ3n) is 9.06. The Morgan fingerprint density at radius 1 is 0.594 bits per heavy atom. The SMILES string of the molecule is C[C@@H](O)[C@H](NC(=O)CNC(=O)[C@H](CC(N)=O)NC(=O)[C@H](CC(=O)O)NC(=O)[C@@H](NC(=O)[C@H](Cc1ccc(O)cc1)NC(=O)[C@@H](N)CS)[C@@H](C)O)C(=O)N[C@@H](Cc1ccccc1)C(=O)O. The van der Waals surface area contributed by atoms with Crippen LogP contribution in [0.1, 0.15) is 37.8 Å². The van der Waals surface area contributed by atoms with Gasteiger partial charge in [0, 0.05) is 18.6 Å². The number of primary amides is 1. The van der Waals surface area contributed by atoms with Crippen LogP contribution in [0, 0.1) is 0 Å². The molecule has 2 aromatic carbocycles. The molecule has 25 heteroatoms. The zero-order valence-corrected chi connectivity index (χ0v) is 35.4. The standard InChI is InChI=1S/C39H53N9O15S/c1-18(49)31(37(60)46-27(39(62)63)13-20-6-4-3-5-7-20)47-29(53)16-42-34(57)25(14-28(41)52)44-35(58)26(15-30(54)55)45-38(61)32(19(2)50)48-36(59)24(43-33(56)23(40)17-64)12-21-8-10-22(51)11-9-21/h3-11,18-19,23-27,31-32,49-51,64H,12-17,40H2,1-2H3,(H2,41,52)(H,42,57)(H,43,56)(H,44,58)(H,45,61)(H,46,60)(H,47,53)(H,48,59)(H,54,55)(H,62,63)/t18-,19-,23+,24+,25+,26+,27+,31+,32+/m1/s1. The van der Waals surface area contributed by atoms with Gasteiger partial charge in [-0.3, -0.25) is 43.2 Å². The minimum Gasteiger partial charge on any atom is -0.508 e. The van der Waals surface area contributed by atoms with Crippen molar-refractivity contribution in [3.05, 3.63) is 65.7 Å². The van der Waals surface area contributed by atoms with Crippen molar-refractivity contribution in [2.45, 2.75) is 94.0 Å². The van der Waals surface area contributed by atoms with Crippen molar-refractivity contribution in [3.8, 4) is 5.75 Å². The number of carbonyl (C=O) groups excluding carboxylic acids is 8. The Morgan fingerprint density at radius 2 is 1.06 bits per heavy atom. The molecule has 16 N–H and O–H groups in total. The van der Waals surface area contributed by atoms with Gasteiger partial charge in [-0.05, 0) is 37.1 Å². The van der Waals surface area contributed by atoms with Crippen molar-refractivity contribution in [2.24, 2.45) is 11.5 Å². The first-order valence-corrected chi connectivity index (χ1v) is 20.0. The van der Waals surface area contributed by atoms with Crippen LogP contribution >= 0.6 is 12.6 Å². The molecule has 0 heterocycles. The minimum absolute atomic E-state index is 0.0967. The number of carboxylic acids is 2. The van der Waals surface area contributed by atoms with Crippen LogP contribution in [-0.4, -0.2) is 152 Å². The van der Waals surface area contributed by atoms with E-state index >= 15 is 0 Å². The predicted octanol–water partition coefficient (Wildman–Crippen LogP) is -5.34. The van der Waals surface area contributed by atoms with Crippen LogP contribution in [0.4, 0.5) is 0 Å². The summed E-state index contributed by atoms with van der Waals surface area (Å²) in [6.45, 7) is 1.24. The van der Waals surface area contributed by atoms with Crippen LogP contribution in [0.3, 0.4) is 0 Å². The summed E-state index contributed by atoms with van der Waals surface area (Å²) < 4.78 is 0. The fourth-order valence-corrected chi connectivity index (χ4v) is 5.82. The van der Waals surface area contributed by atoms with Gasteiger partial charge >= 0.3 is 11.9 Å². The molecule has 0 bridgehead atoms. The third kappa shape index (κ3) is 18.3. The highest BCUT2D eigenvalue weighted by molar-refractivity contribution is 7.80. The highest BCUT2D eigenvalue weighted by atomic mass is 32.1. The predicted molar refractivity (Wildman–Crippen MR) is 225 cm³/mol. The first kappa shape index (κ1) is 53.3. The number of carbonyl (C=O) groups is 10. The molecule has 0 saturated heterocycles. The molecule has 64 heavy (non-hydrogen) atoms. The summed E-state index contributed by atoms with van der Waals surface area (Å²) in [6, 6.07) is 2.13. The number of aromatic hydroxyl groups is 1. The molecule has 0 fully saturated rings. The lowest BCUT2D eigenvalue weighted by molar-refractivity contribution is -0.143. The first-order chi connectivity index (χ1) is 30.0. The maximum Gasteiger partial charge on any atom is 0.326 e. The number of phenols is 1. The number of nitrogens with one attached hydrogen (secondary N) is 7. The lowest BCUT2D eigenvalue weighted by Crippen LogP contribution is -2.62. The number of benzene rings is 2. The average Bonchev–Trinajstić information content (AvgIpc) is 3.22. The van der Waals surface area contributed by atoms with E-state index < -0.39 is 133 Å². The lowest BCUT2D eigenvalue weighted by Gasteiger charge is -2.27. The zero-order chi connectivity index (χ0) is 48.3. The number of thiol groups is 1. The van der Waals surface area contributed by atoms with Crippen LogP contribution in [0.25, 0.3) is 0 Å². The lowest BCUT2D eigenvalue weighted by atomic mass is 10.0. The Balaban J connectivity index is 2.19. The molecule has 0 unspecified atom stereocenters. The molecule has 0 aliphatic carbocycles. The van der Waals surface area contributed by atoms with Crippen molar-refractivity contribution < 1.29 is 73.5 Å². The van der Waals surface area contributed by atoms with E-state index in [2.05, 4.69) is 49.8 Å². The van der Waals surface area contributed by atoms with Crippen molar-refractivity contribution in [2.75, 3.05) is 12.3 Å². The zero-order valence-electron chi connectivity index (χ0n) is 34.6. The average molecular weight is 920 g/mol. The number of phenolic OH excluding ortho intramolecular Hbond substituents is 1. The molecule has 0 spiro atoms. The van der Waals surface area contributed by atoms with Gasteiger partial charge in [0.15, 0.2) is 0 Å². The van der Waals surface area contributed by atoms with Gasteiger partial charge in [-0.1, -0.05) is 42.5 Å². The van der Waals surface area contributed by atoms with Gasteiger partial charge in [0.1, 0.15) is 42.0 Å². The second kappa shape index (κ2) is 25.9. The summed E-state index contributed by atoms with van der Waals surface area (Å²) >= 11 is 3.96. The molecule has 0 radical (unpaired) electrons. The number of amides is 8. The second-order valence-corrected chi connectivity index (χ2v) is 14.8. The number of aliphatic hydroxyl groups is 2. The Hall–Kier alpha value is -6.83. The van der Waals surface area contributed by atoms with E-state index in [0.29, 0.717) is 11.1 Å². The van der Waals surface area contributed by atoms with Crippen molar-refractivity contribution in [1.29, 1.82) is 0 Å². The second-order valence-electron chi connectivity index (χ2n) is 14.4. The van der Waals surface area contributed by atoms with E-state index in [1.807, 2.05) is 0 Å². The number of aliphatic carboxylic acids is 2. The van der Waals surface area contributed by atoms with E-state index in [1.165, 1.54) is 24.3 Å². The molecule has 0 aromatic heterocycles. The monoisotopic (exact) mass is 919 g/mol. The maximum atomic E-state index is 13.5. The van der Waals surface area contributed by atoms with Gasteiger partial charge in [0.2, 0.25) is 47.3 Å². The highest BCUT2D eigenvalue weighted by Gasteiger charge is 2.36. The third-order valence-corrected chi connectivity index (χ3v) is 9.45. The molecular formula is C39H53N9O15S. The number of hydrogen-bond acceptors (Lipinski definition) is 15. The van der Waals surface area contributed by atoms with E-state index in [9.17, 15) is 73.5 Å². The Kier molecular flexibility index (Phi) is 21.6. The quantitative estimate of drug-likeness (QED) is 0.0392. The molecule has 24 nitrogen and oxygen atoms in total. The summed E-state index contributed by atoms with van der Waals surface area (Å²) in [6.07, 6.45) is -5.72. The van der Waals surface area contributed by atoms with Gasteiger partial charge in [0.25, 0.3) is 0 Å². The van der Waals surface area contributed by atoms with Gasteiger partial charge in [-0.2, -0.15) is 12.6 Å². The van der Waals surface area contributed by atoms with Gasteiger partial charge in [-0.25, -0.2) is 4.79 Å². The topological polar surface area (TPSA) is 408 Å². The van der Waals surface area contributed by atoms with Crippen LogP contribution in [0.15, 0.2) is 54.6 Å². The molecule has 350 valence electrons. The molecule has 0 aliphatic rings. The van der Waals surface area contributed by atoms with Crippen molar-refractivity contribution in [3.63, 3.8) is 0 Å².